The molecule has 1 aromatic rings. The Kier molecular flexibility index (Phi) is 12.6. The van der Waals surface area contributed by atoms with Gasteiger partial charge >= 0.3 is 5.97 Å². The molecule has 196 valence electrons. The molecular formula is C24H38N4O6S. The third-order valence-electron chi connectivity index (χ3n) is 5.71. The van der Waals surface area contributed by atoms with E-state index in [4.69, 9.17) is 5.73 Å². The maximum atomic E-state index is 13.0. The number of nitrogens with one attached hydrogen (secondary N) is 3. The number of phenols is 1. The summed E-state index contributed by atoms with van der Waals surface area (Å²) in [6.45, 7) is 7.55. The number of carbonyl (C=O) groups excluding carboxylic acids is 3. The molecule has 1 aromatic carbocycles. The normalized spacial score (nSPS) is 15.4. The van der Waals surface area contributed by atoms with Crippen molar-refractivity contribution in [2.24, 2.45) is 17.6 Å². The van der Waals surface area contributed by atoms with Crippen molar-refractivity contribution < 1.29 is 29.4 Å². The van der Waals surface area contributed by atoms with Crippen molar-refractivity contribution >= 4 is 36.3 Å². The predicted molar refractivity (Wildman–Crippen MR) is 136 cm³/mol. The Labute approximate surface area is 211 Å². The van der Waals surface area contributed by atoms with Crippen molar-refractivity contribution in [1.29, 1.82) is 0 Å². The zero-order valence-corrected chi connectivity index (χ0v) is 21.5. The molecule has 0 aromatic heterocycles. The number of hydrogen-bond donors (Lipinski definition) is 7. The average molecular weight is 511 g/mol. The van der Waals surface area contributed by atoms with Crippen molar-refractivity contribution in [3.8, 4) is 5.75 Å². The minimum Gasteiger partial charge on any atom is -0.508 e. The third kappa shape index (κ3) is 10.2. The van der Waals surface area contributed by atoms with Crippen LogP contribution in [-0.2, 0) is 25.6 Å². The second-order valence-corrected chi connectivity index (χ2v) is 9.48. The second-order valence-electron chi connectivity index (χ2n) is 9.12. The Morgan fingerprint density at radius 1 is 0.914 bits per heavy atom. The molecule has 11 heteroatoms. The Hall–Kier alpha value is -2.79. The zero-order valence-electron chi connectivity index (χ0n) is 20.7. The summed E-state index contributed by atoms with van der Waals surface area (Å²) < 4.78 is 0. The van der Waals surface area contributed by atoms with E-state index < -0.39 is 47.9 Å². The van der Waals surface area contributed by atoms with Crippen molar-refractivity contribution in [3.63, 3.8) is 0 Å². The van der Waals surface area contributed by atoms with Crippen LogP contribution in [-0.4, -0.2) is 63.8 Å². The van der Waals surface area contributed by atoms with Gasteiger partial charge in [-0.05, 0) is 36.0 Å². The first kappa shape index (κ1) is 30.2. The third-order valence-corrected chi connectivity index (χ3v) is 6.07. The number of aliphatic carboxylic acids is 1. The van der Waals surface area contributed by atoms with Crippen LogP contribution in [0.4, 0.5) is 0 Å². The molecule has 0 aliphatic carbocycles. The molecule has 1 rings (SSSR count). The van der Waals surface area contributed by atoms with Crippen LogP contribution in [0, 0.1) is 11.8 Å². The van der Waals surface area contributed by atoms with E-state index in [1.807, 2.05) is 27.7 Å². The lowest BCUT2D eigenvalue weighted by Gasteiger charge is -2.26. The van der Waals surface area contributed by atoms with Gasteiger partial charge in [0.15, 0.2) is 0 Å². The SMILES string of the molecule is CCC(C)C(N)C(=O)NC(CC(C)C)C(=O)NC(CS)C(=O)NC(Cc1ccc(O)cc1)C(=O)O. The number of nitrogens with two attached hydrogens (primary N) is 1. The molecule has 5 unspecified atom stereocenters. The first-order valence-corrected chi connectivity index (χ1v) is 12.3. The topological polar surface area (TPSA) is 171 Å². The van der Waals surface area contributed by atoms with Crippen LogP contribution in [0.5, 0.6) is 5.75 Å². The van der Waals surface area contributed by atoms with E-state index in [0.717, 1.165) is 0 Å². The lowest BCUT2D eigenvalue weighted by Crippen LogP contribution is -2.58. The molecule has 0 aliphatic rings. The van der Waals surface area contributed by atoms with E-state index in [2.05, 4.69) is 28.6 Å². The Balaban J connectivity index is 2.89. The van der Waals surface area contributed by atoms with Crippen LogP contribution in [0.2, 0.25) is 0 Å². The number of carboxylic acids is 1. The maximum absolute atomic E-state index is 13.0. The van der Waals surface area contributed by atoms with Crippen LogP contribution in [0.1, 0.15) is 46.1 Å². The van der Waals surface area contributed by atoms with Gasteiger partial charge in [-0.1, -0.05) is 46.2 Å². The number of aromatic hydroxyl groups is 1. The molecule has 5 atom stereocenters. The standard InChI is InChI=1S/C24H38N4O6S/c1-5-14(4)20(25)23(32)26-17(10-13(2)3)21(30)28-19(12-35)22(31)27-18(24(33)34)11-15-6-8-16(29)9-7-15/h6-9,13-14,17-20,29,35H,5,10-12,25H2,1-4H3,(H,26,32)(H,27,31)(H,28,30)(H,33,34). The minimum absolute atomic E-state index is 0.0197. The van der Waals surface area contributed by atoms with Gasteiger partial charge in [-0.25, -0.2) is 4.79 Å². The predicted octanol–water partition coefficient (Wildman–Crippen LogP) is 0.823. The Morgan fingerprint density at radius 3 is 1.91 bits per heavy atom. The van der Waals surface area contributed by atoms with Crippen LogP contribution in [0.25, 0.3) is 0 Å². The number of phenolic OH excluding ortho intramolecular Hbond substituents is 1. The number of carboxylic acid groups (broad SMARTS) is 1. The maximum Gasteiger partial charge on any atom is 0.326 e. The smallest absolute Gasteiger partial charge is 0.326 e. The number of rotatable bonds is 14. The van der Waals surface area contributed by atoms with Gasteiger partial charge < -0.3 is 31.9 Å². The van der Waals surface area contributed by atoms with E-state index in [-0.39, 0.29) is 29.8 Å². The van der Waals surface area contributed by atoms with Gasteiger partial charge in [0.2, 0.25) is 17.7 Å². The van der Waals surface area contributed by atoms with Gasteiger partial charge in [-0.15, -0.1) is 0 Å². The number of hydrogen-bond acceptors (Lipinski definition) is 7. The first-order valence-electron chi connectivity index (χ1n) is 11.7. The second kappa shape index (κ2) is 14.6. The summed E-state index contributed by atoms with van der Waals surface area (Å²) in [5.74, 6) is -3.06. The van der Waals surface area contributed by atoms with Gasteiger partial charge in [0, 0.05) is 12.2 Å². The van der Waals surface area contributed by atoms with Gasteiger partial charge in [0.05, 0.1) is 6.04 Å². The molecule has 0 fully saturated rings. The number of amides is 3. The molecule has 7 N–H and O–H groups in total. The molecular weight excluding hydrogens is 472 g/mol. The molecule has 0 saturated carbocycles. The largest absolute Gasteiger partial charge is 0.508 e. The molecule has 0 aliphatic heterocycles. The molecule has 3 amide bonds. The van der Waals surface area contributed by atoms with Crippen LogP contribution < -0.4 is 21.7 Å². The van der Waals surface area contributed by atoms with E-state index in [1.54, 1.807) is 12.1 Å². The van der Waals surface area contributed by atoms with E-state index in [9.17, 15) is 29.4 Å². The lowest BCUT2D eigenvalue weighted by atomic mass is 9.97. The zero-order chi connectivity index (χ0) is 26.7. The number of thiol groups is 1. The van der Waals surface area contributed by atoms with Gasteiger partial charge in [0.25, 0.3) is 0 Å². The number of carbonyl (C=O) groups is 4. The highest BCUT2D eigenvalue weighted by atomic mass is 32.1. The number of benzene rings is 1. The van der Waals surface area contributed by atoms with Crippen LogP contribution in [0.3, 0.4) is 0 Å². The van der Waals surface area contributed by atoms with Crippen molar-refractivity contribution in [2.75, 3.05) is 5.75 Å². The van der Waals surface area contributed by atoms with E-state index in [0.29, 0.717) is 18.4 Å². The molecule has 0 saturated heterocycles. The fourth-order valence-corrected chi connectivity index (χ4v) is 3.55. The fraction of sp³-hybridized carbons (Fsp3) is 0.583. The highest BCUT2D eigenvalue weighted by Crippen LogP contribution is 2.12. The summed E-state index contributed by atoms with van der Waals surface area (Å²) in [5.41, 5.74) is 6.59. The van der Waals surface area contributed by atoms with Crippen LogP contribution in [0.15, 0.2) is 24.3 Å². The summed E-state index contributed by atoms with van der Waals surface area (Å²) in [4.78, 5) is 50.0. The molecule has 0 radical (unpaired) electrons. The summed E-state index contributed by atoms with van der Waals surface area (Å²) in [7, 11) is 0. The summed E-state index contributed by atoms with van der Waals surface area (Å²) in [5, 5.41) is 26.6. The van der Waals surface area contributed by atoms with Crippen molar-refractivity contribution in [2.45, 2.75) is 71.1 Å². The molecule has 0 spiro atoms. The highest BCUT2D eigenvalue weighted by molar-refractivity contribution is 7.80. The lowest BCUT2D eigenvalue weighted by molar-refractivity contribution is -0.142. The van der Waals surface area contributed by atoms with Gasteiger partial charge in [0.1, 0.15) is 23.9 Å². The molecule has 10 nitrogen and oxygen atoms in total. The monoisotopic (exact) mass is 510 g/mol. The van der Waals surface area contributed by atoms with Crippen LogP contribution >= 0.6 is 12.6 Å². The average Bonchev–Trinajstić information content (AvgIpc) is 2.81. The van der Waals surface area contributed by atoms with E-state index >= 15 is 0 Å². The Bertz CT molecular complexity index is 864. The quantitative estimate of drug-likeness (QED) is 0.182. The van der Waals surface area contributed by atoms with Crippen molar-refractivity contribution in [3.05, 3.63) is 29.8 Å². The molecule has 0 bridgehead atoms. The fourth-order valence-electron chi connectivity index (χ4n) is 3.29. The summed E-state index contributed by atoms with van der Waals surface area (Å²) in [6.07, 6.45) is 1.00. The minimum atomic E-state index is -1.26. The molecule has 0 heterocycles. The van der Waals surface area contributed by atoms with Gasteiger partial charge in [-0.2, -0.15) is 12.6 Å². The summed E-state index contributed by atoms with van der Waals surface area (Å²) in [6, 6.07) is 1.87. The Morgan fingerprint density at radius 2 is 1.43 bits per heavy atom. The van der Waals surface area contributed by atoms with E-state index in [1.165, 1.54) is 12.1 Å². The molecule has 35 heavy (non-hydrogen) atoms. The van der Waals surface area contributed by atoms with Gasteiger partial charge in [-0.3, -0.25) is 14.4 Å². The first-order chi connectivity index (χ1) is 16.4. The highest BCUT2D eigenvalue weighted by Gasteiger charge is 2.31. The van der Waals surface area contributed by atoms with Crippen molar-refractivity contribution in [1.82, 2.24) is 16.0 Å². The summed E-state index contributed by atoms with van der Waals surface area (Å²) >= 11 is 4.14.